The van der Waals surface area contributed by atoms with Gasteiger partial charge < -0.3 is 0 Å². The van der Waals surface area contributed by atoms with Crippen molar-refractivity contribution < 1.29 is 9.82 Å². The van der Waals surface area contributed by atoms with E-state index < -0.39 is 9.82 Å². The molecule has 0 unspecified atom stereocenters. The number of hydrogen-bond acceptors (Lipinski definition) is 5. The molecule has 5 nitrogen and oxygen atoms in total. The van der Waals surface area contributed by atoms with Gasteiger partial charge in [0.15, 0.2) is 0 Å². The van der Waals surface area contributed by atoms with Crippen molar-refractivity contribution in [3.63, 3.8) is 0 Å². The van der Waals surface area contributed by atoms with Gasteiger partial charge in [-0.2, -0.15) is 0 Å². The summed E-state index contributed by atoms with van der Waals surface area (Å²) < 4.78 is 0. The van der Waals surface area contributed by atoms with Gasteiger partial charge in [-0.25, -0.2) is 0 Å². The maximum atomic E-state index is 5.00. The van der Waals surface area contributed by atoms with E-state index in [2.05, 4.69) is 14.2 Å². The van der Waals surface area contributed by atoms with Crippen LogP contribution in [0.3, 0.4) is 0 Å². The van der Waals surface area contributed by atoms with Crippen LogP contribution < -0.4 is 23.9 Å². The molecule has 8 heteroatoms. The monoisotopic (exact) mass is 298 g/mol. The average molecular weight is 300 g/mol. The zero-order valence-corrected chi connectivity index (χ0v) is 8.35. The third-order valence-electron chi connectivity index (χ3n) is 0. The van der Waals surface area contributed by atoms with Crippen LogP contribution in [0.1, 0.15) is 0 Å². The summed E-state index contributed by atoms with van der Waals surface area (Å²) in [5, 5.41) is 0. The van der Waals surface area contributed by atoms with Gasteiger partial charge in [0.1, 0.15) is 0 Å². The molecule has 0 radical (unpaired) electrons. The molecule has 0 aromatic heterocycles. The number of nitrogens with two attached hydrogens (primary N) is 5. The second-order valence-corrected chi connectivity index (χ2v) is 12.4. The van der Waals surface area contributed by atoms with E-state index in [1.165, 1.54) is 0 Å². The first-order valence-electron chi connectivity index (χ1n) is 1.09. The number of hydrogen-bond donors (Lipinski definition) is 5. The van der Waals surface area contributed by atoms with E-state index in [4.69, 9.17) is 23.9 Å². The standard InChI is InChI=1S/2BrH.Co.5H2N/h2*1H;;5*1H2/q;;+6;5*-1/p-1. The van der Waals surface area contributed by atoms with Crippen LogP contribution in [0.2, 0.25) is 0 Å². The summed E-state index contributed by atoms with van der Waals surface area (Å²) in [5.41, 5.74) is 0. The Morgan fingerprint density at radius 2 is 0.875 bits per heavy atom. The first-order valence-corrected chi connectivity index (χ1v) is 6.67. The van der Waals surface area contributed by atoms with Crippen molar-refractivity contribution in [1.82, 2.24) is 0 Å². The van der Waals surface area contributed by atoms with Crippen LogP contribution in [0.5, 0.6) is 0 Å². The van der Waals surface area contributed by atoms with Crippen molar-refractivity contribution in [3.8, 4) is 0 Å². The SMILES string of the molecule is Br.[NH2][Co]([NH2])([NH2])([NH2])([NH2])[Br]. The van der Waals surface area contributed by atoms with E-state index in [1.54, 1.807) is 0 Å². The van der Waals surface area contributed by atoms with Crippen molar-refractivity contribution >= 4 is 31.1 Å². The van der Waals surface area contributed by atoms with Crippen molar-refractivity contribution in [2.45, 2.75) is 0 Å². The molecule has 0 aromatic rings. The van der Waals surface area contributed by atoms with E-state index in [1.807, 2.05) is 0 Å². The minimum absolute atomic E-state index is 0. The molecule has 0 saturated carbocycles. The normalized spacial score (nSPS) is 20.2. The second kappa shape index (κ2) is 1.65. The van der Waals surface area contributed by atoms with Gasteiger partial charge in [-0.15, -0.1) is 17.0 Å². The maximum absolute atomic E-state index is 5.00. The molecule has 0 spiro atoms. The molecular formula is H11Br2CoN5. The third kappa shape index (κ3) is 178. The van der Waals surface area contributed by atoms with E-state index in [9.17, 15) is 0 Å². The molecule has 0 saturated heterocycles. The van der Waals surface area contributed by atoms with Gasteiger partial charge in [-0.05, 0) is 0 Å². The van der Waals surface area contributed by atoms with Gasteiger partial charge in [-0.1, -0.05) is 0 Å². The molecule has 10 N–H and O–H groups in total. The van der Waals surface area contributed by atoms with E-state index in [-0.39, 0.29) is 17.0 Å². The summed E-state index contributed by atoms with van der Waals surface area (Å²) in [6.07, 6.45) is 0. The molecule has 0 atom stereocenters. The topological polar surface area (TPSA) is 130 Å². The molecule has 0 aliphatic carbocycles. The summed E-state index contributed by atoms with van der Waals surface area (Å²) in [6.45, 7) is 0. The fourth-order valence-electron chi connectivity index (χ4n) is 0. The fourth-order valence-corrected chi connectivity index (χ4v) is 0. The minimum atomic E-state index is -4.33. The van der Waals surface area contributed by atoms with Gasteiger partial charge in [0.05, 0.1) is 0 Å². The van der Waals surface area contributed by atoms with Crippen molar-refractivity contribution in [2.24, 2.45) is 23.9 Å². The third-order valence-corrected chi connectivity index (χ3v) is 0. The van der Waals surface area contributed by atoms with Crippen LogP contribution in [-0.4, -0.2) is 0 Å². The number of rotatable bonds is 0. The Morgan fingerprint density at radius 3 is 0.875 bits per heavy atom. The predicted octanol–water partition coefficient (Wildman–Crippen LogP) is -1.53. The van der Waals surface area contributed by atoms with Crippen molar-refractivity contribution in [3.05, 3.63) is 0 Å². The Labute approximate surface area is 64.8 Å². The van der Waals surface area contributed by atoms with Gasteiger partial charge in [0.2, 0.25) is 0 Å². The van der Waals surface area contributed by atoms with E-state index in [0.29, 0.717) is 0 Å². The van der Waals surface area contributed by atoms with Crippen molar-refractivity contribution in [1.29, 1.82) is 0 Å². The van der Waals surface area contributed by atoms with Crippen LogP contribution in [-0.2, 0) is 9.82 Å². The molecule has 0 aliphatic heterocycles. The molecule has 0 aromatic carbocycles. The number of halogens is 2. The Morgan fingerprint density at radius 1 is 0.875 bits per heavy atom. The Kier molecular flexibility index (Phi) is 2.47. The Bertz CT molecular complexity index is 69.0. The van der Waals surface area contributed by atoms with Crippen molar-refractivity contribution in [2.75, 3.05) is 0 Å². The van der Waals surface area contributed by atoms with Crippen LogP contribution >= 0.6 is 31.1 Å². The molecule has 59 valence electrons. The quantitative estimate of drug-likeness (QED) is 0.370. The Balaban J connectivity index is 0. The first kappa shape index (κ1) is 12.0. The van der Waals surface area contributed by atoms with E-state index >= 15 is 0 Å². The summed E-state index contributed by atoms with van der Waals surface area (Å²) in [6, 6.07) is 0. The zero-order chi connectivity index (χ0) is 6.41. The molecule has 0 amide bonds. The summed E-state index contributed by atoms with van der Waals surface area (Å²) in [5.74, 6) is 0. The summed E-state index contributed by atoms with van der Waals surface area (Å²) in [4.78, 5) is 25.0. The second-order valence-electron chi connectivity index (χ2n) is 1.47. The molecular weight excluding hydrogens is 289 g/mol. The van der Waals surface area contributed by atoms with Crippen LogP contribution in [0, 0.1) is 0 Å². The van der Waals surface area contributed by atoms with Gasteiger partial charge in [0, 0.05) is 0 Å². The molecule has 0 fully saturated rings. The predicted molar refractivity (Wildman–Crippen MR) is 40.2 cm³/mol. The summed E-state index contributed by atoms with van der Waals surface area (Å²) in [7, 11) is -4.33. The van der Waals surface area contributed by atoms with E-state index in [0.717, 1.165) is 0 Å². The van der Waals surface area contributed by atoms with Crippen LogP contribution in [0.15, 0.2) is 0 Å². The molecule has 8 heavy (non-hydrogen) atoms. The zero-order valence-electron chi connectivity index (χ0n) is 4.01. The van der Waals surface area contributed by atoms with Gasteiger partial charge >= 0.3 is 47.9 Å². The van der Waals surface area contributed by atoms with Gasteiger partial charge in [-0.3, -0.25) is 0 Å². The molecule has 0 aliphatic rings. The fraction of sp³-hybridized carbons (Fsp3) is 0. The average Bonchev–Trinajstić information content (AvgIpc) is 0.592. The van der Waals surface area contributed by atoms with Gasteiger partial charge in [0.25, 0.3) is 0 Å². The Hall–Kier alpha value is 1.27. The molecule has 0 rings (SSSR count). The first-order chi connectivity index (χ1) is 2.45. The van der Waals surface area contributed by atoms with Crippen LogP contribution in [0.4, 0.5) is 0 Å². The summed E-state index contributed by atoms with van der Waals surface area (Å²) >= 11 is 2.61. The van der Waals surface area contributed by atoms with Crippen LogP contribution in [0.25, 0.3) is 0 Å². The molecule has 0 bridgehead atoms. The molecule has 0 heterocycles.